The first-order valence-electron chi connectivity index (χ1n) is 6.65. The summed E-state index contributed by atoms with van der Waals surface area (Å²) in [7, 11) is 0. The minimum absolute atomic E-state index is 0.626. The van der Waals surface area contributed by atoms with Crippen LogP contribution in [0.15, 0.2) is 0 Å². The van der Waals surface area contributed by atoms with Gasteiger partial charge in [0.2, 0.25) is 0 Å². The van der Waals surface area contributed by atoms with Gasteiger partial charge in [-0.15, -0.1) is 12.3 Å². The number of hydrogen-bond acceptors (Lipinski definition) is 2. The Balaban J connectivity index is 2.29. The fourth-order valence-corrected chi connectivity index (χ4v) is 2.31. The summed E-state index contributed by atoms with van der Waals surface area (Å²) in [5.74, 6) is 2.72. The molecule has 0 aromatic carbocycles. The van der Waals surface area contributed by atoms with Gasteiger partial charge < -0.3 is 5.32 Å². The molecule has 2 heteroatoms. The van der Waals surface area contributed by atoms with Crippen LogP contribution in [0.2, 0.25) is 0 Å². The maximum Gasteiger partial charge on any atom is 0.0195 e. The van der Waals surface area contributed by atoms with Gasteiger partial charge in [-0.2, -0.15) is 0 Å². The molecule has 0 spiro atoms. The van der Waals surface area contributed by atoms with Gasteiger partial charge in [-0.05, 0) is 46.2 Å². The van der Waals surface area contributed by atoms with Crippen molar-refractivity contribution in [3.05, 3.63) is 0 Å². The summed E-state index contributed by atoms with van der Waals surface area (Å²) < 4.78 is 0. The van der Waals surface area contributed by atoms with Crippen LogP contribution in [0.25, 0.3) is 0 Å². The second-order valence-electron chi connectivity index (χ2n) is 5.04. The van der Waals surface area contributed by atoms with Crippen LogP contribution in [0.1, 0.15) is 46.0 Å². The van der Waals surface area contributed by atoms with E-state index in [2.05, 4.69) is 30.0 Å². The van der Waals surface area contributed by atoms with Crippen molar-refractivity contribution in [2.45, 2.75) is 58.0 Å². The van der Waals surface area contributed by atoms with Gasteiger partial charge in [0.05, 0.1) is 0 Å². The summed E-state index contributed by atoms with van der Waals surface area (Å²) in [6, 6.07) is 1.32. The molecule has 0 aromatic rings. The van der Waals surface area contributed by atoms with Gasteiger partial charge in [0, 0.05) is 25.0 Å². The Labute approximate surface area is 101 Å². The zero-order valence-electron chi connectivity index (χ0n) is 10.8. The quantitative estimate of drug-likeness (QED) is 0.548. The number of unbranched alkanes of at least 4 members (excludes halogenated alkanes) is 1. The third kappa shape index (κ3) is 5.01. The van der Waals surface area contributed by atoms with Crippen molar-refractivity contribution in [1.82, 2.24) is 10.2 Å². The zero-order chi connectivity index (χ0) is 11.8. The van der Waals surface area contributed by atoms with Crippen LogP contribution in [0.3, 0.4) is 0 Å². The van der Waals surface area contributed by atoms with Crippen LogP contribution < -0.4 is 5.32 Å². The lowest BCUT2D eigenvalue weighted by Crippen LogP contribution is -2.46. The molecular formula is C14H26N2. The Morgan fingerprint density at radius 3 is 2.81 bits per heavy atom. The predicted octanol–water partition coefficient (Wildman–Crippen LogP) is 2.25. The molecule has 1 aliphatic rings. The van der Waals surface area contributed by atoms with Crippen molar-refractivity contribution in [3.8, 4) is 12.3 Å². The molecule has 1 atom stereocenters. The van der Waals surface area contributed by atoms with E-state index in [-0.39, 0.29) is 0 Å². The highest BCUT2D eigenvalue weighted by Gasteiger charge is 2.17. The average Bonchev–Trinajstić information content (AvgIpc) is 2.29. The number of piperidine rings is 1. The number of terminal acetylenes is 1. The lowest BCUT2D eigenvalue weighted by atomic mass is 10.0. The number of nitrogens with one attached hydrogen (secondary N) is 1. The summed E-state index contributed by atoms with van der Waals surface area (Å²) in [5, 5.41) is 3.61. The molecule has 16 heavy (non-hydrogen) atoms. The van der Waals surface area contributed by atoms with Crippen molar-refractivity contribution in [1.29, 1.82) is 0 Å². The van der Waals surface area contributed by atoms with Gasteiger partial charge in [-0.25, -0.2) is 0 Å². The van der Waals surface area contributed by atoms with E-state index in [1.54, 1.807) is 0 Å². The van der Waals surface area contributed by atoms with Crippen LogP contribution >= 0.6 is 0 Å². The molecule has 0 aliphatic carbocycles. The van der Waals surface area contributed by atoms with Gasteiger partial charge in [-0.3, -0.25) is 4.90 Å². The maximum absolute atomic E-state index is 5.29. The molecular weight excluding hydrogens is 196 g/mol. The Hall–Kier alpha value is -0.520. The second-order valence-corrected chi connectivity index (χ2v) is 5.04. The van der Waals surface area contributed by atoms with Crippen LogP contribution in [0.4, 0.5) is 0 Å². The summed E-state index contributed by atoms with van der Waals surface area (Å²) in [6.45, 7) is 8.07. The molecule has 0 radical (unpaired) electrons. The molecule has 1 unspecified atom stereocenters. The monoisotopic (exact) mass is 222 g/mol. The van der Waals surface area contributed by atoms with Crippen LogP contribution in [0, 0.1) is 12.3 Å². The van der Waals surface area contributed by atoms with Gasteiger partial charge in [0.1, 0.15) is 0 Å². The lowest BCUT2D eigenvalue weighted by Gasteiger charge is -2.33. The topological polar surface area (TPSA) is 15.3 Å². The molecule has 92 valence electrons. The van der Waals surface area contributed by atoms with Crippen LogP contribution in [0.5, 0.6) is 0 Å². The van der Waals surface area contributed by atoms with Crippen molar-refractivity contribution < 1.29 is 0 Å². The number of rotatable bonds is 6. The van der Waals surface area contributed by atoms with Crippen molar-refractivity contribution in [2.24, 2.45) is 0 Å². The summed E-state index contributed by atoms with van der Waals surface area (Å²) >= 11 is 0. The van der Waals surface area contributed by atoms with Gasteiger partial charge in [0.25, 0.3) is 0 Å². The molecule has 2 nitrogen and oxygen atoms in total. The standard InChI is InChI=1S/C14H26N2/c1-4-5-8-11-16(13(2)3)12-14-9-6-7-10-15-14/h1,13-15H,5-12H2,2-3H3. The van der Waals surface area contributed by atoms with E-state index < -0.39 is 0 Å². The fourth-order valence-electron chi connectivity index (χ4n) is 2.31. The molecule has 1 fully saturated rings. The van der Waals surface area contributed by atoms with Crippen LogP contribution in [-0.4, -0.2) is 36.6 Å². The van der Waals surface area contributed by atoms with Gasteiger partial charge in [-0.1, -0.05) is 6.42 Å². The zero-order valence-corrected chi connectivity index (χ0v) is 10.8. The number of hydrogen-bond donors (Lipinski definition) is 1. The van der Waals surface area contributed by atoms with E-state index in [9.17, 15) is 0 Å². The molecule has 1 N–H and O–H groups in total. The predicted molar refractivity (Wildman–Crippen MR) is 70.4 cm³/mol. The first-order chi connectivity index (χ1) is 7.74. The summed E-state index contributed by atoms with van der Waals surface area (Å²) in [5.41, 5.74) is 0. The highest BCUT2D eigenvalue weighted by molar-refractivity contribution is 4.84. The largest absolute Gasteiger partial charge is 0.313 e. The van der Waals surface area contributed by atoms with E-state index in [0.29, 0.717) is 12.1 Å². The second kappa shape index (κ2) is 7.70. The molecule has 0 amide bonds. The molecule has 0 saturated carbocycles. The van der Waals surface area contributed by atoms with E-state index in [4.69, 9.17) is 6.42 Å². The maximum atomic E-state index is 5.29. The molecule has 0 bridgehead atoms. The van der Waals surface area contributed by atoms with Gasteiger partial charge in [0.15, 0.2) is 0 Å². The van der Waals surface area contributed by atoms with E-state index in [0.717, 1.165) is 19.4 Å². The highest BCUT2D eigenvalue weighted by atomic mass is 15.2. The normalized spacial score (nSPS) is 21.3. The van der Waals surface area contributed by atoms with E-state index in [1.807, 2.05) is 0 Å². The summed E-state index contributed by atoms with van der Waals surface area (Å²) in [6.07, 6.45) is 11.4. The average molecular weight is 222 g/mol. The molecule has 1 saturated heterocycles. The molecule has 1 heterocycles. The fraction of sp³-hybridized carbons (Fsp3) is 0.857. The highest BCUT2D eigenvalue weighted by Crippen LogP contribution is 2.11. The first-order valence-corrected chi connectivity index (χ1v) is 6.65. The minimum Gasteiger partial charge on any atom is -0.313 e. The summed E-state index contributed by atoms with van der Waals surface area (Å²) in [4.78, 5) is 2.56. The van der Waals surface area contributed by atoms with E-state index in [1.165, 1.54) is 32.4 Å². The minimum atomic E-state index is 0.626. The van der Waals surface area contributed by atoms with E-state index >= 15 is 0 Å². The Morgan fingerprint density at radius 2 is 2.25 bits per heavy atom. The Kier molecular flexibility index (Phi) is 6.52. The first kappa shape index (κ1) is 13.5. The lowest BCUT2D eigenvalue weighted by molar-refractivity contribution is 0.184. The van der Waals surface area contributed by atoms with Crippen LogP contribution in [-0.2, 0) is 0 Å². The third-order valence-electron chi connectivity index (χ3n) is 3.36. The third-order valence-corrected chi connectivity index (χ3v) is 3.36. The SMILES string of the molecule is C#CCCCN(CC1CCCCN1)C(C)C. The molecule has 1 aliphatic heterocycles. The van der Waals surface area contributed by atoms with Crippen molar-refractivity contribution >= 4 is 0 Å². The van der Waals surface area contributed by atoms with Crippen molar-refractivity contribution in [2.75, 3.05) is 19.6 Å². The Morgan fingerprint density at radius 1 is 1.44 bits per heavy atom. The Bertz CT molecular complexity index is 211. The molecule has 1 rings (SSSR count). The smallest absolute Gasteiger partial charge is 0.0195 e. The van der Waals surface area contributed by atoms with Crippen molar-refractivity contribution in [3.63, 3.8) is 0 Å². The molecule has 0 aromatic heterocycles. The number of nitrogens with zero attached hydrogens (tertiary/aromatic N) is 1. The van der Waals surface area contributed by atoms with Gasteiger partial charge >= 0.3 is 0 Å².